The molecule has 2 heteroatoms. The lowest BCUT2D eigenvalue weighted by Gasteiger charge is -2.46. The van der Waals surface area contributed by atoms with Gasteiger partial charge in [0.05, 0.1) is 0 Å². The zero-order valence-corrected chi connectivity index (χ0v) is 13.3. The van der Waals surface area contributed by atoms with E-state index < -0.39 is 0 Å². The van der Waals surface area contributed by atoms with E-state index >= 15 is 0 Å². The van der Waals surface area contributed by atoms with Crippen LogP contribution >= 0.6 is 0 Å². The van der Waals surface area contributed by atoms with Crippen LogP contribution in [0.3, 0.4) is 0 Å². The molecule has 1 saturated carbocycles. The summed E-state index contributed by atoms with van der Waals surface area (Å²) < 4.78 is 0. The Kier molecular flexibility index (Phi) is 3.86. The molecule has 1 aliphatic rings. The normalized spacial score (nSPS) is 28.5. The van der Waals surface area contributed by atoms with E-state index in [4.69, 9.17) is 0 Å². The minimum atomic E-state index is 0.0579. The summed E-state index contributed by atoms with van der Waals surface area (Å²) in [6.07, 6.45) is 3.61. The summed E-state index contributed by atoms with van der Waals surface area (Å²) in [4.78, 5) is 0. The SMILES string of the molecule is CC1CCCC(C)(c2ccc(O)cc2)C1c1ccc(O)cc1. The van der Waals surface area contributed by atoms with Crippen molar-refractivity contribution in [3.63, 3.8) is 0 Å². The molecular weight excluding hydrogens is 272 g/mol. The van der Waals surface area contributed by atoms with Gasteiger partial charge in [0.25, 0.3) is 0 Å². The Labute approximate surface area is 132 Å². The van der Waals surface area contributed by atoms with Crippen LogP contribution in [0.15, 0.2) is 48.5 Å². The first-order valence-corrected chi connectivity index (χ1v) is 8.09. The fraction of sp³-hybridized carbons (Fsp3) is 0.400. The minimum absolute atomic E-state index is 0.0579. The summed E-state index contributed by atoms with van der Waals surface area (Å²) in [6, 6.07) is 15.4. The number of aromatic hydroxyl groups is 2. The molecule has 3 unspecified atom stereocenters. The van der Waals surface area contributed by atoms with Crippen molar-refractivity contribution in [3.05, 3.63) is 59.7 Å². The molecule has 0 spiro atoms. The van der Waals surface area contributed by atoms with Crippen molar-refractivity contribution < 1.29 is 10.2 Å². The molecule has 2 nitrogen and oxygen atoms in total. The molecule has 116 valence electrons. The molecule has 0 bridgehead atoms. The van der Waals surface area contributed by atoms with Crippen LogP contribution < -0.4 is 0 Å². The van der Waals surface area contributed by atoms with Crippen molar-refractivity contribution in [2.45, 2.75) is 44.4 Å². The molecule has 0 heterocycles. The van der Waals surface area contributed by atoms with E-state index in [1.807, 2.05) is 0 Å². The van der Waals surface area contributed by atoms with Gasteiger partial charge in [0.15, 0.2) is 0 Å². The highest BCUT2D eigenvalue weighted by Gasteiger charge is 2.42. The van der Waals surface area contributed by atoms with Gasteiger partial charge < -0.3 is 10.2 Å². The Morgan fingerprint density at radius 3 is 2.05 bits per heavy atom. The van der Waals surface area contributed by atoms with Crippen LogP contribution in [-0.4, -0.2) is 10.2 Å². The van der Waals surface area contributed by atoms with Gasteiger partial charge in [0, 0.05) is 0 Å². The summed E-state index contributed by atoms with van der Waals surface area (Å²) in [5, 5.41) is 19.1. The third kappa shape index (κ3) is 2.58. The quantitative estimate of drug-likeness (QED) is 0.822. The smallest absolute Gasteiger partial charge is 0.115 e. The first-order chi connectivity index (χ1) is 10.5. The second-order valence-corrected chi connectivity index (χ2v) is 6.90. The van der Waals surface area contributed by atoms with Crippen LogP contribution in [0.1, 0.15) is 50.2 Å². The molecule has 3 atom stereocenters. The number of rotatable bonds is 2. The van der Waals surface area contributed by atoms with Crippen LogP contribution in [0.2, 0.25) is 0 Å². The van der Waals surface area contributed by atoms with Gasteiger partial charge in [0.2, 0.25) is 0 Å². The van der Waals surface area contributed by atoms with Crippen LogP contribution in [-0.2, 0) is 5.41 Å². The molecule has 1 fully saturated rings. The van der Waals surface area contributed by atoms with E-state index in [2.05, 4.69) is 38.1 Å². The number of benzene rings is 2. The number of phenols is 2. The average Bonchev–Trinajstić information content (AvgIpc) is 2.49. The number of phenolic OH excluding ortho intramolecular Hbond substituents is 2. The zero-order valence-electron chi connectivity index (χ0n) is 13.3. The summed E-state index contributed by atoms with van der Waals surface area (Å²) >= 11 is 0. The van der Waals surface area contributed by atoms with Gasteiger partial charge in [-0.05, 0) is 59.1 Å². The highest BCUT2D eigenvalue weighted by atomic mass is 16.3. The third-order valence-electron chi connectivity index (χ3n) is 5.39. The first kappa shape index (κ1) is 15.0. The molecule has 0 amide bonds. The van der Waals surface area contributed by atoms with Crippen LogP contribution in [0.5, 0.6) is 11.5 Å². The molecule has 0 aliphatic heterocycles. The van der Waals surface area contributed by atoms with Crippen LogP contribution in [0, 0.1) is 5.92 Å². The topological polar surface area (TPSA) is 40.5 Å². The second kappa shape index (κ2) is 5.68. The lowest BCUT2D eigenvalue weighted by Crippen LogP contribution is -2.38. The maximum atomic E-state index is 9.58. The fourth-order valence-corrected chi connectivity index (χ4v) is 4.29. The maximum absolute atomic E-state index is 9.58. The molecule has 2 aromatic rings. The summed E-state index contributed by atoms with van der Waals surface area (Å²) in [6.45, 7) is 4.67. The third-order valence-corrected chi connectivity index (χ3v) is 5.39. The molecule has 2 N–H and O–H groups in total. The second-order valence-electron chi connectivity index (χ2n) is 6.90. The van der Waals surface area contributed by atoms with E-state index in [1.165, 1.54) is 24.0 Å². The molecule has 22 heavy (non-hydrogen) atoms. The Balaban J connectivity index is 2.05. The molecular formula is C20H24O2. The summed E-state index contributed by atoms with van der Waals surface area (Å²) in [7, 11) is 0. The zero-order chi connectivity index (χ0) is 15.7. The van der Waals surface area contributed by atoms with Crippen LogP contribution in [0.4, 0.5) is 0 Å². The highest BCUT2D eigenvalue weighted by molar-refractivity contribution is 5.38. The average molecular weight is 296 g/mol. The van der Waals surface area contributed by atoms with Crippen molar-refractivity contribution in [2.75, 3.05) is 0 Å². The Morgan fingerprint density at radius 2 is 1.45 bits per heavy atom. The molecule has 3 rings (SSSR count). The van der Waals surface area contributed by atoms with Crippen molar-refractivity contribution in [1.82, 2.24) is 0 Å². The Bertz CT molecular complexity index is 630. The van der Waals surface area contributed by atoms with Crippen LogP contribution in [0.25, 0.3) is 0 Å². The molecule has 0 radical (unpaired) electrons. The molecule has 0 saturated heterocycles. The van der Waals surface area contributed by atoms with Gasteiger partial charge in [-0.25, -0.2) is 0 Å². The Morgan fingerprint density at radius 1 is 0.909 bits per heavy atom. The Hall–Kier alpha value is -1.96. The van der Waals surface area contributed by atoms with Gasteiger partial charge in [-0.2, -0.15) is 0 Å². The number of hydrogen-bond donors (Lipinski definition) is 2. The largest absolute Gasteiger partial charge is 0.508 e. The van der Waals surface area contributed by atoms with E-state index in [0.29, 0.717) is 23.3 Å². The number of hydrogen-bond acceptors (Lipinski definition) is 2. The van der Waals surface area contributed by atoms with E-state index in [-0.39, 0.29) is 5.41 Å². The van der Waals surface area contributed by atoms with E-state index in [9.17, 15) is 10.2 Å². The van der Waals surface area contributed by atoms with E-state index in [0.717, 1.165) is 6.42 Å². The fourth-order valence-electron chi connectivity index (χ4n) is 4.29. The van der Waals surface area contributed by atoms with Crippen molar-refractivity contribution in [3.8, 4) is 11.5 Å². The predicted molar refractivity (Wildman–Crippen MR) is 89.3 cm³/mol. The summed E-state index contributed by atoms with van der Waals surface area (Å²) in [5.74, 6) is 1.65. The van der Waals surface area contributed by atoms with Gasteiger partial charge in [-0.1, -0.05) is 51.0 Å². The predicted octanol–water partition coefficient (Wildman–Crippen LogP) is 4.96. The van der Waals surface area contributed by atoms with Crippen molar-refractivity contribution in [2.24, 2.45) is 5.92 Å². The standard InChI is InChI=1S/C20H24O2/c1-14-4-3-13-20(2,16-7-11-18(22)12-8-16)19(14)15-5-9-17(21)10-6-15/h5-12,14,19,21-22H,3-4,13H2,1-2H3. The molecule has 2 aromatic carbocycles. The maximum Gasteiger partial charge on any atom is 0.115 e. The monoisotopic (exact) mass is 296 g/mol. The van der Waals surface area contributed by atoms with Gasteiger partial charge in [0.1, 0.15) is 11.5 Å². The highest BCUT2D eigenvalue weighted by Crippen LogP contribution is 2.51. The summed E-state index contributed by atoms with van der Waals surface area (Å²) in [5.41, 5.74) is 2.64. The van der Waals surface area contributed by atoms with Gasteiger partial charge in [-0.15, -0.1) is 0 Å². The molecule has 0 aromatic heterocycles. The van der Waals surface area contributed by atoms with Crippen molar-refractivity contribution in [1.29, 1.82) is 0 Å². The van der Waals surface area contributed by atoms with Gasteiger partial charge >= 0.3 is 0 Å². The van der Waals surface area contributed by atoms with E-state index in [1.54, 1.807) is 24.3 Å². The lowest BCUT2D eigenvalue weighted by atomic mass is 9.58. The lowest BCUT2D eigenvalue weighted by molar-refractivity contribution is 0.203. The first-order valence-electron chi connectivity index (χ1n) is 8.09. The molecule has 1 aliphatic carbocycles. The van der Waals surface area contributed by atoms with Gasteiger partial charge in [-0.3, -0.25) is 0 Å². The minimum Gasteiger partial charge on any atom is -0.508 e. The van der Waals surface area contributed by atoms with Crippen molar-refractivity contribution >= 4 is 0 Å².